The van der Waals surface area contributed by atoms with Crippen molar-refractivity contribution in [2.24, 2.45) is 10.5 Å². The summed E-state index contributed by atoms with van der Waals surface area (Å²) < 4.78 is 13.0. The van der Waals surface area contributed by atoms with Crippen LogP contribution in [0.4, 0.5) is 4.39 Å². The van der Waals surface area contributed by atoms with Crippen molar-refractivity contribution >= 4 is 11.6 Å². The zero-order valence-electron chi connectivity index (χ0n) is 8.47. The van der Waals surface area contributed by atoms with Crippen LogP contribution in [0.3, 0.4) is 0 Å². The summed E-state index contributed by atoms with van der Waals surface area (Å²) in [5, 5.41) is 5.08. The normalized spacial score (nSPS) is 23.8. The lowest BCUT2D eigenvalue weighted by Crippen LogP contribution is -2.34. The van der Waals surface area contributed by atoms with Crippen LogP contribution in [-0.4, -0.2) is 29.3 Å². The number of carbonyl (C=O) groups is 1. The van der Waals surface area contributed by atoms with Gasteiger partial charge in [-0.1, -0.05) is 20.8 Å². The Morgan fingerprint density at radius 1 is 1.54 bits per heavy atom. The minimum atomic E-state index is -1.53. The van der Waals surface area contributed by atoms with E-state index in [4.69, 9.17) is 0 Å². The molecule has 0 radical (unpaired) electrons. The van der Waals surface area contributed by atoms with Gasteiger partial charge in [-0.2, -0.15) is 5.10 Å². The zero-order valence-corrected chi connectivity index (χ0v) is 8.47. The third-order valence-electron chi connectivity index (χ3n) is 1.74. The topological polar surface area (TPSA) is 32.7 Å². The second-order valence-corrected chi connectivity index (χ2v) is 4.56. The van der Waals surface area contributed by atoms with Gasteiger partial charge in [0, 0.05) is 6.54 Å². The van der Waals surface area contributed by atoms with Gasteiger partial charge in [0.05, 0.1) is 5.71 Å². The SMILES string of the molecule is CC1=NN(CC(C)(C)C)C(=O)C1F. The molecule has 0 aromatic heterocycles. The van der Waals surface area contributed by atoms with Crippen LogP contribution in [0.2, 0.25) is 0 Å². The molecule has 1 unspecified atom stereocenters. The molecule has 1 aliphatic rings. The van der Waals surface area contributed by atoms with Crippen LogP contribution in [0.1, 0.15) is 27.7 Å². The molecule has 0 fully saturated rings. The molecule has 74 valence electrons. The Morgan fingerprint density at radius 2 is 2.08 bits per heavy atom. The lowest BCUT2D eigenvalue weighted by molar-refractivity contribution is -0.133. The summed E-state index contributed by atoms with van der Waals surface area (Å²) in [5.74, 6) is -0.535. The molecule has 0 bridgehead atoms. The first-order valence-corrected chi connectivity index (χ1v) is 4.32. The van der Waals surface area contributed by atoms with Crippen LogP contribution in [0.5, 0.6) is 0 Å². The summed E-state index contributed by atoms with van der Waals surface area (Å²) in [6.07, 6.45) is -1.53. The Labute approximate surface area is 77.6 Å². The van der Waals surface area contributed by atoms with Crippen molar-refractivity contribution in [2.75, 3.05) is 6.54 Å². The van der Waals surface area contributed by atoms with Crippen molar-refractivity contribution in [2.45, 2.75) is 33.9 Å². The molecular weight excluding hydrogens is 171 g/mol. The molecule has 0 aromatic carbocycles. The van der Waals surface area contributed by atoms with Gasteiger partial charge in [0.2, 0.25) is 6.17 Å². The molecule has 0 N–H and O–H groups in total. The first-order chi connectivity index (χ1) is 5.81. The number of halogens is 1. The molecule has 1 aliphatic heterocycles. The highest BCUT2D eigenvalue weighted by Crippen LogP contribution is 2.20. The zero-order chi connectivity index (χ0) is 10.2. The summed E-state index contributed by atoms with van der Waals surface area (Å²) in [4.78, 5) is 11.2. The number of rotatable bonds is 1. The van der Waals surface area contributed by atoms with Crippen molar-refractivity contribution in [3.05, 3.63) is 0 Å². The smallest absolute Gasteiger partial charge is 0.269 e. The molecule has 3 nitrogen and oxygen atoms in total. The number of hydrogen-bond acceptors (Lipinski definition) is 2. The summed E-state index contributed by atoms with van der Waals surface area (Å²) >= 11 is 0. The molecular formula is C9H15FN2O. The Balaban J connectivity index is 2.70. The van der Waals surface area contributed by atoms with E-state index in [1.165, 1.54) is 11.9 Å². The lowest BCUT2D eigenvalue weighted by Gasteiger charge is -2.23. The number of amides is 1. The predicted octanol–water partition coefficient (Wildman–Crippen LogP) is 1.59. The highest BCUT2D eigenvalue weighted by Gasteiger charge is 2.35. The van der Waals surface area contributed by atoms with E-state index in [-0.39, 0.29) is 11.1 Å². The maximum Gasteiger partial charge on any atom is 0.283 e. The van der Waals surface area contributed by atoms with E-state index in [9.17, 15) is 9.18 Å². The van der Waals surface area contributed by atoms with Gasteiger partial charge in [-0.25, -0.2) is 9.40 Å². The van der Waals surface area contributed by atoms with E-state index in [1.807, 2.05) is 20.8 Å². The summed E-state index contributed by atoms with van der Waals surface area (Å²) in [6, 6.07) is 0. The Morgan fingerprint density at radius 3 is 2.38 bits per heavy atom. The average molecular weight is 186 g/mol. The fraction of sp³-hybridized carbons (Fsp3) is 0.778. The van der Waals surface area contributed by atoms with Gasteiger partial charge in [-0.3, -0.25) is 4.79 Å². The van der Waals surface area contributed by atoms with Crippen molar-refractivity contribution in [3.63, 3.8) is 0 Å². The standard InChI is InChI=1S/C9H15FN2O/c1-6-7(10)8(13)12(11-6)5-9(2,3)4/h7H,5H2,1-4H3. The molecule has 13 heavy (non-hydrogen) atoms. The lowest BCUT2D eigenvalue weighted by atomic mass is 9.97. The van der Waals surface area contributed by atoms with Gasteiger partial charge in [-0.05, 0) is 12.3 Å². The third-order valence-corrected chi connectivity index (χ3v) is 1.74. The molecule has 1 heterocycles. The predicted molar refractivity (Wildman–Crippen MR) is 49.2 cm³/mol. The van der Waals surface area contributed by atoms with Crippen molar-refractivity contribution in [1.29, 1.82) is 0 Å². The molecule has 1 atom stereocenters. The Bertz CT molecular complexity index is 255. The van der Waals surface area contributed by atoms with E-state index in [0.29, 0.717) is 6.54 Å². The quantitative estimate of drug-likeness (QED) is 0.612. The summed E-state index contributed by atoms with van der Waals surface area (Å²) in [7, 11) is 0. The van der Waals surface area contributed by atoms with E-state index in [2.05, 4.69) is 5.10 Å². The molecule has 1 rings (SSSR count). The van der Waals surface area contributed by atoms with Crippen LogP contribution < -0.4 is 0 Å². The molecule has 0 aliphatic carbocycles. The summed E-state index contributed by atoms with van der Waals surface area (Å²) in [5.41, 5.74) is 0.206. The number of hydrogen-bond donors (Lipinski definition) is 0. The molecule has 4 heteroatoms. The van der Waals surface area contributed by atoms with Gasteiger partial charge in [0.15, 0.2) is 0 Å². The fourth-order valence-corrected chi connectivity index (χ4v) is 1.16. The molecule has 0 spiro atoms. The first kappa shape index (κ1) is 10.2. The summed E-state index contributed by atoms with van der Waals surface area (Å²) in [6.45, 7) is 7.94. The van der Waals surface area contributed by atoms with Gasteiger partial charge >= 0.3 is 0 Å². The van der Waals surface area contributed by atoms with Crippen LogP contribution in [0.15, 0.2) is 5.10 Å². The second-order valence-electron chi connectivity index (χ2n) is 4.56. The van der Waals surface area contributed by atoms with Gasteiger partial charge in [0.1, 0.15) is 0 Å². The number of nitrogens with zero attached hydrogens (tertiary/aromatic N) is 2. The number of alkyl halides is 1. The number of carbonyl (C=O) groups excluding carboxylic acids is 1. The van der Waals surface area contributed by atoms with Gasteiger partial charge in [0.25, 0.3) is 5.91 Å². The largest absolute Gasteiger partial charge is 0.283 e. The van der Waals surface area contributed by atoms with Crippen molar-refractivity contribution in [3.8, 4) is 0 Å². The average Bonchev–Trinajstić information content (AvgIpc) is 2.15. The fourth-order valence-electron chi connectivity index (χ4n) is 1.16. The minimum absolute atomic E-state index is 0.0521. The molecule has 0 saturated heterocycles. The number of hydrazone groups is 1. The maximum absolute atomic E-state index is 13.0. The van der Waals surface area contributed by atoms with Gasteiger partial charge in [-0.15, -0.1) is 0 Å². The van der Waals surface area contributed by atoms with E-state index < -0.39 is 12.1 Å². The van der Waals surface area contributed by atoms with Crippen LogP contribution in [-0.2, 0) is 4.79 Å². The maximum atomic E-state index is 13.0. The molecule has 0 aromatic rings. The molecule has 1 amide bonds. The first-order valence-electron chi connectivity index (χ1n) is 4.32. The van der Waals surface area contributed by atoms with Crippen LogP contribution in [0, 0.1) is 5.41 Å². The third kappa shape index (κ3) is 2.26. The van der Waals surface area contributed by atoms with Crippen LogP contribution in [0.25, 0.3) is 0 Å². The second kappa shape index (κ2) is 3.09. The van der Waals surface area contributed by atoms with E-state index in [1.54, 1.807) is 0 Å². The van der Waals surface area contributed by atoms with E-state index in [0.717, 1.165) is 0 Å². The monoisotopic (exact) mass is 186 g/mol. The minimum Gasteiger partial charge on any atom is -0.269 e. The highest BCUT2D eigenvalue weighted by atomic mass is 19.1. The van der Waals surface area contributed by atoms with Gasteiger partial charge < -0.3 is 0 Å². The van der Waals surface area contributed by atoms with E-state index >= 15 is 0 Å². The Hall–Kier alpha value is -0.930. The van der Waals surface area contributed by atoms with Crippen LogP contribution >= 0.6 is 0 Å². The molecule has 0 saturated carbocycles. The Kier molecular flexibility index (Phi) is 2.41. The highest BCUT2D eigenvalue weighted by molar-refractivity contribution is 6.09. The van der Waals surface area contributed by atoms with Crippen molar-refractivity contribution in [1.82, 2.24) is 5.01 Å². The van der Waals surface area contributed by atoms with Crippen molar-refractivity contribution < 1.29 is 9.18 Å².